The molecule has 3 aromatic carbocycles. The molecule has 8 heteroatoms. The first-order valence-corrected chi connectivity index (χ1v) is 14.0. The molecule has 1 aliphatic rings. The van der Waals surface area contributed by atoms with Crippen LogP contribution in [0.2, 0.25) is 0 Å². The molecule has 0 saturated heterocycles. The largest absolute Gasteiger partial charge is 0.435 e. The zero-order chi connectivity index (χ0) is 26.4. The summed E-state index contributed by atoms with van der Waals surface area (Å²) in [5.74, 6) is 0.465. The molecule has 0 unspecified atom stereocenters. The van der Waals surface area contributed by atoms with Crippen LogP contribution in [-0.4, -0.2) is 21.0 Å². The van der Waals surface area contributed by atoms with Crippen molar-refractivity contribution in [2.75, 3.05) is 10.0 Å². The normalized spacial score (nSPS) is 13.8. The average molecular weight is 538 g/mol. The molecule has 0 amide bonds. The van der Waals surface area contributed by atoms with E-state index in [0.717, 1.165) is 28.5 Å². The van der Waals surface area contributed by atoms with E-state index in [-0.39, 0.29) is 11.6 Å². The lowest BCUT2D eigenvalue weighted by molar-refractivity contribution is 0.429. The molecule has 39 heavy (non-hydrogen) atoms. The maximum atomic E-state index is 15.1. The zero-order valence-corrected chi connectivity index (χ0v) is 22.1. The molecule has 0 radical (unpaired) electrons. The predicted octanol–water partition coefficient (Wildman–Crippen LogP) is 8.49. The number of hydrogen-bond donors (Lipinski definition) is 2. The molecule has 196 valence electrons. The number of benzene rings is 3. The Balaban J connectivity index is 1.17. The third kappa shape index (κ3) is 5.96. The Bertz CT molecular complexity index is 1590. The first-order chi connectivity index (χ1) is 19.2. The van der Waals surface area contributed by atoms with Gasteiger partial charge in [0.15, 0.2) is 11.6 Å². The molecule has 0 aliphatic heterocycles. The van der Waals surface area contributed by atoms with Crippen LogP contribution >= 0.6 is 11.9 Å². The van der Waals surface area contributed by atoms with E-state index >= 15 is 4.39 Å². The van der Waals surface area contributed by atoms with E-state index < -0.39 is 5.82 Å². The molecule has 1 fully saturated rings. The Morgan fingerprint density at radius 1 is 0.846 bits per heavy atom. The van der Waals surface area contributed by atoms with Gasteiger partial charge in [0, 0.05) is 35.1 Å². The van der Waals surface area contributed by atoms with Crippen molar-refractivity contribution < 1.29 is 9.13 Å². The molecule has 0 atom stereocenters. The quantitative estimate of drug-likeness (QED) is 0.192. The minimum atomic E-state index is -0.488. The van der Waals surface area contributed by atoms with Gasteiger partial charge in [0.25, 0.3) is 0 Å². The fourth-order valence-corrected chi connectivity index (χ4v) is 5.62. The summed E-state index contributed by atoms with van der Waals surface area (Å²) in [6, 6.07) is 25.0. The Morgan fingerprint density at radius 2 is 1.72 bits per heavy atom. The van der Waals surface area contributed by atoms with Crippen LogP contribution in [0, 0.1) is 5.82 Å². The zero-order valence-electron chi connectivity index (χ0n) is 21.3. The number of ether oxygens (including phenoxy) is 1. The van der Waals surface area contributed by atoms with Gasteiger partial charge in [-0.05, 0) is 72.0 Å². The highest BCUT2D eigenvalue weighted by molar-refractivity contribution is 8.00. The Hall–Kier alpha value is -4.17. The van der Waals surface area contributed by atoms with Crippen molar-refractivity contribution in [3.8, 4) is 22.9 Å². The van der Waals surface area contributed by atoms with Crippen LogP contribution < -0.4 is 14.8 Å². The second-order valence-electron chi connectivity index (χ2n) is 9.53. The molecule has 5 aromatic rings. The van der Waals surface area contributed by atoms with Gasteiger partial charge in [-0.1, -0.05) is 55.7 Å². The summed E-state index contributed by atoms with van der Waals surface area (Å²) < 4.78 is 24.3. The lowest BCUT2D eigenvalue weighted by Crippen LogP contribution is -2.23. The SMILES string of the molecule is Fc1cc(NSc2cccc3ccccc23)ccc1Oc1ncccc1-c1ccnc(NC2CCCCC2)n1. The highest BCUT2D eigenvalue weighted by Gasteiger charge is 2.17. The maximum Gasteiger partial charge on any atom is 0.228 e. The van der Waals surface area contributed by atoms with Crippen LogP contribution in [0.5, 0.6) is 11.6 Å². The van der Waals surface area contributed by atoms with Gasteiger partial charge in [-0.2, -0.15) is 0 Å². The smallest absolute Gasteiger partial charge is 0.228 e. The van der Waals surface area contributed by atoms with Crippen LogP contribution in [0.25, 0.3) is 22.0 Å². The molecular formula is C31H28FN5OS. The van der Waals surface area contributed by atoms with Gasteiger partial charge in [0.1, 0.15) is 0 Å². The van der Waals surface area contributed by atoms with Crippen molar-refractivity contribution >= 4 is 34.4 Å². The molecule has 1 saturated carbocycles. The molecular weight excluding hydrogens is 509 g/mol. The van der Waals surface area contributed by atoms with Crippen molar-refractivity contribution in [1.29, 1.82) is 0 Å². The van der Waals surface area contributed by atoms with Crippen LogP contribution in [0.4, 0.5) is 16.0 Å². The van der Waals surface area contributed by atoms with E-state index in [2.05, 4.69) is 38.2 Å². The monoisotopic (exact) mass is 537 g/mol. The number of anilines is 2. The Morgan fingerprint density at radius 3 is 2.62 bits per heavy atom. The van der Waals surface area contributed by atoms with Crippen LogP contribution in [0.3, 0.4) is 0 Å². The fraction of sp³-hybridized carbons (Fsp3) is 0.194. The van der Waals surface area contributed by atoms with Gasteiger partial charge < -0.3 is 14.8 Å². The van der Waals surface area contributed by atoms with Gasteiger partial charge in [-0.15, -0.1) is 0 Å². The summed E-state index contributed by atoms with van der Waals surface area (Å²) in [6.07, 6.45) is 9.32. The Kier molecular flexibility index (Phi) is 7.54. The Labute approximate surface area is 231 Å². The van der Waals surface area contributed by atoms with Crippen molar-refractivity contribution in [3.63, 3.8) is 0 Å². The summed E-state index contributed by atoms with van der Waals surface area (Å²) in [6.45, 7) is 0. The van der Waals surface area contributed by atoms with Gasteiger partial charge >= 0.3 is 0 Å². The summed E-state index contributed by atoms with van der Waals surface area (Å²) in [7, 11) is 0. The van der Waals surface area contributed by atoms with Gasteiger partial charge in [0.05, 0.1) is 11.3 Å². The van der Waals surface area contributed by atoms with Crippen LogP contribution in [-0.2, 0) is 0 Å². The first-order valence-electron chi connectivity index (χ1n) is 13.2. The van der Waals surface area contributed by atoms with Crippen LogP contribution in [0.15, 0.2) is 96.2 Å². The number of halogens is 1. The molecule has 2 aromatic heterocycles. The molecule has 2 N–H and O–H groups in total. The second kappa shape index (κ2) is 11.7. The van der Waals surface area contributed by atoms with E-state index in [1.54, 1.807) is 24.5 Å². The lowest BCUT2D eigenvalue weighted by atomic mass is 9.96. The molecule has 0 spiro atoms. The number of fused-ring (bicyclic) bond motifs is 1. The highest BCUT2D eigenvalue weighted by Crippen LogP contribution is 2.34. The summed E-state index contributed by atoms with van der Waals surface area (Å²) in [5, 5.41) is 5.76. The highest BCUT2D eigenvalue weighted by atomic mass is 32.2. The average Bonchev–Trinajstić information content (AvgIpc) is 2.98. The predicted molar refractivity (Wildman–Crippen MR) is 156 cm³/mol. The first kappa shape index (κ1) is 25.1. The van der Waals surface area contributed by atoms with Crippen molar-refractivity contribution in [2.45, 2.75) is 43.0 Å². The summed E-state index contributed by atoms with van der Waals surface area (Å²) in [4.78, 5) is 14.5. The number of pyridine rings is 1. The van der Waals surface area contributed by atoms with Gasteiger partial charge in [0.2, 0.25) is 11.8 Å². The summed E-state index contributed by atoms with van der Waals surface area (Å²) in [5.41, 5.74) is 1.96. The minimum absolute atomic E-state index is 0.0882. The molecule has 6 nitrogen and oxygen atoms in total. The number of hydrogen-bond acceptors (Lipinski definition) is 7. The maximum absolute atomic E-state index is 15.1. The number of aromatic nitrogens is 3. The van der Waals surface area contributed by atoms with Crippen molar-refractivity contribution in [3.05, 3.63) is 97.1 Å². The van der Waals surface area contributed by atoms with E-state index in [4.69, 9.17) is 9.72 Å². The van der Waals surface area contributed by atoms with Crippen molar-refractivity contribution in [2.24, 2.45) is 0 Å². The molecule has 1 aliphatic carbocycles. The number of nitrogens with zero attached hydrogens (tertiary/aromatic N) is 3. The molecule has 6 rings (SSSR count). The van der Waals surface area contributed by atoms with Gasteiger partial charge in [-0.25, -0.2) is 19.3 Å². The number of rotatable bonds is 8. The number of nitrogens with one attached hydrogen (secondary N) is 2. The van der Waals surface area contributed by atoms with E-state index in [9.17, 15) is 0 Å². The molecule has 2 heterocycles. The third-order valence-corrected chi connectivity index (χ3v) is 7.72. The third-order valence-electron chi connectivity index (χ3n) is 6.81. The van der Waals surface area contributed by atoms with Crippen molar-refractivity contribution in [1.82, 2.24) is 15.0 Å². The summed E-state index contributed by atoms with van der Waals surface area (Å²) >= 11 is 1.44. The fourth-order valence-electron chi connectivity index (χ4n) is 4.82. The van der Waals surface area contributed by atoms with E-state index in [1.807, 2.05) is 42.5 Å². The second-order valence-corrected chi connectivity index (χ2v) is 10.4. The minimum Gasteiger partial charge on any atom is -0.435 e. The topological polar surface area (TPSA) is 72.0 Å². The van der Waals surface area contributed by atoms with E-state index in [1.165, 1.54) is 37.3 Å². The van der Waals surface area contributed by atoms with Crippen LogP contribution in [0.1, 0.15) is 32.1 Å². The lowest BCUT2D eigenvalue weighted by Gasteiger charge is -2.22. The standard InChI is InChI=1S/C31H28FN5OS/c32-26-20-23(37-39-29-14-6-9-21-8-4-5-12-24(21)29)15-16-28(26)38-30-25(13-7-18-33-30)27-17-19-34-31(36-27)35-22-10-2-1-3-11-22/h4-9,12-20,22,37H,1-3,10-11H2,(H,34,35,36). The van der Waals surface area contributed by atoms with Gasteiger partial charge in [-0.3, -0.25) is 0 Å². The van der Waals surface area contributed by atoms with E-state index in [0.29, 0.717) is 28.9 Å². The molecule has 0 bridgehead atoms.